The number of carbonyl (C=O) groups excluding carboxylic acids is 1. The Bertz CT molecular complexity index is 171. The molecule has 2 atom stereocenters. The van der Waals surface area contributed by atoms with Crippen molar-refractivity contribution >= 4 is 5.91 Å². The lowest BCUT2D eigenvalue weighted by Crippen LogP contribution is -2.38. The van der Waals surface area contributed by atoms with Gasteiger partial charge in [-0.2, -0.15) is 0 Å². The highest BCUT2D eigenvalue weighted by Crippen LogP contribution is 2.05. The molecule has 3 nitrogen and oxygen atoms in total. The molecule has 15 heavy (non-hydrogen) atoms. The minimum atomic E-state index is -0.0666. The van der Waals surface area contributed by atoms with Gasteiger partial charge in [0, 0.05) is 18.5 Å². The number of nitrogens with two attached hydrogens (primary N) is 1. The van der Waals surface area contributed by atoms with Crippen molar-refractivity contribution in [3.05, 3.63) is 0 Å². The molecule has 0 rings (SSSR count). The van der Waals surface area contributed by atoms with Gasteiger partial charge in [0.1, 0.15) is 0 Å². The van der Waals surface area contributed by atoms with Crippen LogP contribution >= 0.6 is 0 Å². The topological polar surface area (TPSA) is 55.1 Å². The van der Waals surface area contributed by atoms with Crippen LogP contribution in [0.4, 0.5) is 0 Å². The Hall–Kier alpha value is -0.570. The first-order chi connectivity index (χ1) is 7.11. The van der Waals surface area contributed by atoms with Crippen LogP contribution in [0, 0.1) is 5.92 Å². The number of nitrogens with one attached hydrogen (secondary N) is 1. The first-order valence-electron chi connectivity index (χ1n) is 6.12. The van der Waals surface area contributed by atoms with Gasteiger partial charge in [0.05, 0.1) is 0 Å². The second-order valence-corrected chi connectivity index (χ2v) is 4.40. The molecule has 3 heteroatoms. The first-order valence-corrected chi connectivity index (χ1v) is 6.12. The molecule has 3 N–H and O–H groups in total. The van der Waals surface area contributed by atoms with Crippen LogP contribution < -0.4 is 11.1 Å². The van der Waals surface area contributed by atoms with Crippen LogP contribution in [0.15, 0.2) is 0 Å². The lowest BCUT2D eigenvalue weighted by molar-refractivity contribution is -0.124. The highest BCUT2D eigenvalue weighted by Gasteiger charge is 2.12. The molecule has 2 unspecified atom stereocenters. The Morgan fingerprint density at radius 3 is 2.47 bits per heavy atom. The summed E-state index contributed by atoms with van der Waals surface area (Å²) in [6.45, 7) is 6.55. The lowest BCUT2D eigenvalue weighted by Gasteiger charge is -2.16. The Morgan fingerprint density at radius 1 is 1.27 bits per heavy atom. The van der Waals surface area contributed by atoms with Crippen LogP contribution in [0.3, 0.4) is 0 Å². The standard InChI is InChI=1S/C12H26N2O/c1-4-5-6-7-8-11(3)14-12(15)10(2)9-13/h10-11H,4-9,13H2,1-3H3,(H,14,15). The third kappa shape index (κ3) is 7.37. The first kappa shape index (κ1) is 14.4. The third-order valence-corrected chi connectivity index (χ3v) is 2.68. The van der Waals surface area contributed by atoms with Crippen molar-refractivity contribution < 1.29 is 4.79 Å². The number of unbranched alkanes of at least 4 members (excludes halogenated alkanes) is 3. The second kappa shape index (κ2) is 8.72. The predicted molar refractivity (Wildman–Crippen MR) is 64.6 cm³/mol. The van der Waals surface area contributed by atoms with E-state index in [1.165, 1.54) is 25.7 Å². The molecule has 1 amide bonds. The van der Waals surface area contributed by atoms with E-state index in [0.717, 1.165) is 6.42 Å². The lowest BCUT2D eigenvalue weighted by atomic mass is 10.1. The van der Waals surface area contributed by atoms with Crippen molar-refractivity contribution in [1.82, 2.24) is 5.32 Å². The van der Waals surface area contributed by atoms with E-state index in [1.54, 1.807) is 0 Å². The van der Waals surface area contributed by atoms with E-state index in [9.17, 15) is 4.79 Å². The molecular formula is C12H26N2O. The molecule has 0 saturated heterocycles. The largest absolute Gasteiger partial charge is 0.353 e. The van der Waals surface area contributed by atoms with Crippen LogP contribution in [0.25, 0.3) is 0 Å². The number of carbonyl (C=O) groups is 1. The zero-order valence-electron chi connectivity index (χ0n) is 10.4. The summed E-state index contributed by atoms with van der Waals surface area (Å²) >= 11 is 0. The molecule has 0 spiro atoms. The average molecular weight is 214 g/mol. The predicted octanol–water partition coefficient (Wildman–Crippen LogP) is 2.06. The summed E-state index contributed by atoms with van der Waals surface area (Å²) in [5, 5.41) is 2.99. The van der Waals surface area contributed by atoms with Crippen LogP contribution in [-0.4, -0.2) is 18.5 Å². The third-order valence-electron chi connectivity index (χ3n) is 2.68. The zero-order chi connectivity index (χ0) is 11.7. The van der Waals surface area contributed by atoms with Crippen LogP contribution in [0.1, 0.15) is 52.9 Å². The SMILES string of the molecule is CCCCCCC(C)NC(=O)C(C)CN. The minimum Gasteiger partial charge on any atom is -0.353 e. The van der Waals surface area contributed by atoms with Gasteiger partial charge in [-0.3, -0.25) is 4.79 Å². The van der Waals surface area contributed by atoms with Gasteiger partial charge >= 0.3 is 0 Å². The maximum Gasteiger partial charge on any atom is 0.224 e. The minimum absolute atomic E-state index is 0.0666. The fraction of sp³-hybridized carbons (Fsp3) is 0.917. The molecule has 0 saturated carbocycles. The summed E-state index contributed by atoms with van der Waals surface area (Å²) in [6.07, 6.45) is 6.09. The van der Waals surface area contributed by atoms with E-state index in [4.69, 9.17) is 5.73 Å². The highest BCUT2D eigenvalue weighted by atomic mass is 16.1. The van der Waals surface area contributed by atoms with Crippen molar-refractivity contribution in [3.8, 4) is 0 Å². The summed E-state index contributed by atoms with van der Waals surface area (Å²) in [4.78, 5) is 11.5. The number of amides is 1. The van der Waals surface area contributed by atoms with Gasteiger partial charge in [-0.25, -0.2) is 0 Å². The summed E-state index contributed by atoms with van der Waals surface area (Å²) in [5.41, 5.74) is 5.43. The monoisotopic (exact) mass is 214 g/mol. The van der Waals surface area contributed by atoms with Crippen molar-refractivity contribution in [2.45, 2.75) is 58.9 Å². The van der Waals surface area contributed by atoms with Gasteiger partial charge in [-0.15, -0.1) is 0 Å². The molecule has 0 fully saturated rings. The summed E-state index contributed by atoms with van der Waals surface area (Å²) in [7, 11) is 0. The fourth-order valence-corrected chi connectivity index (χ4v) is 1.44. The normalized spacial score (nSPS) is 14.7. The molecule has 0 radical (unpaired) electrons. The Labute approximate surface area is 93.8 Å². The Kier molecular flexibility index (Phi) is 8.38. The van der Waals surface area contributed by atoms with Crippen molar-refractivity contribution in [2.75, 3.05) is 6.54 Å². The molecule has 0 aromatic heterocycles. The smallest absolute Gasteiger partial charge is 0.224 e. The number of rotatable bonds is 8. The van der Waals surface area contributed by atoms with E-state index >= 15 is 0 Å². The molecule has 0 aliphatic rings. The van der Waals surface area contributed by atoms with E-state index in [-0.39, 0.29) is 17.9 Å². The van der Waals surface area contributed by atoms with Gasteiger partial charge in [-0.05, 0) is 13.3 Å². The van der Waals surface area contributed by atoms with Crippen LogP contribution in [-0.2, 0) is 4.79 Å². The number of hydrogen-bond acceptors (Lipinski definition) is 2. The Morgan fingerprint density at radius 2 is 1.93 bits per heavy atom. The molecule has 0 aromatic carbocycles. The van der Waals surface area contributed by atoms with Gasteiger partial charge in [0.2, 0.25) is 5.91 Å². The quantitative estimate of drug-likeness (QED) is 0.608. The molecule has 0 aliphatic heterocycles. The second-order valence-electron chi connectivity index (χ2n) is 4.40. The number of hydrogen-bond donors (Lipinski definition) is 2. The van der Waals surface area contributed by atoms with Gasteiger partial charge in [-0.1, -0.05) is 39.5 Å². The highest BCUT2D eigenvalue weighted by molar-refractivity contribution is 5.78. The van der Waals surface area contributed by atoms with Crippen LogP contribution in [0.5, 0.6) is 0 Å². The molecular weight excluding hydrogens is 188 g/mol. The maximum absolute atomic E-state index is 11.5. The molecule has 0 aliphatic carbocycles. The Balaban J connectivity index is 3.55. The van der Waals surface area contributed by atoms with E-state index in [0.29, 0.717) is 6.54 Å². The van der Waals surface area contributed by atoms with Crippen molar-refractivity contribution in [2.24, 2.45) is 11.7 Å². The molecule has 0 aromatic rings. The molecule has 0 heterocycles. The van der Waals surface area contributed by atoms with E-state index in [1.807, 2.05) is 6.92 Å². The van der Waals surface area contributed by atoms with Gasteiger partial charge < -0.3 is 11.1 Å². The molecule has 90 valence electrons. The van der Waals surface area contributed by atoms with Crippen LogP contribution in [0.2, 0.25) is 0 Å². The van der Waals surface area contributed by atoms with Crippen molar-refractivity contribution in [1.29, 1.82) is 0 Å². The summed E-state index contributed by atoms with van der Waals surface area (Å²) < 4.78 is 0. The van der Waals surface area contributed by atoms with E-state index < -0.39 is 0 Å². The zero-order valence-corrected chi connectivity index (χ0v) is 10.4. The molecule has 0 bridgehead atoms. The summed E-state index contributed by atoms with van der Waals surface area (Å²) in [5.74, 6) is 0.0172. The fourth-order valence-electron chi connectivity index (χ4n) is 1.44. The average Bonchev–Trinajstić information content (AvgIpc) is 2.23. The van der Waals surface area contributed by atoms with E-state index in [2.05, 4.69) is 19.2 Å². The van der Waals surface area contributed by atoms with Crippen molar-refractivity contribution in [3.63, 3.8) is 0 Å². The van der Waals surface area contributed by atoms with Gasteiger partial charge in [0.15, 0.2) is 0 Å². The maximum atomic E-state index is 11.5. The van der Waals surface area contributed by atoms with Gasteiger partial charge in [0.25, 0.3) is 0 Å². The summed E-state index contributed by atoms with van der Waals surface area (Å²) in [6, 6.07) is 0.281.